The van der Waals surface area contributed by atoms with Gasteiger partial charge in [0.15, 0.2) is 0 Å². The van der Waals surface area contributed by atoms with E-state index in [1.54, 1.807) is 25.6 Å². The molecule has 1 aromatic rings. The molecule has 0 aromatic carbocycles. The van der Waals surface area contributed by atoms with Gasteiger partial charge < -0.3 is 5.11 Å². The first-order chi connectivity index (χ1) is 8.59. The fourth-order valence-corrected chi connectivity index (χ4v) is 4.32. The maximum atomic E-state index is 12.5. The Balaban J connectivity index is 2.32. The van der Waals surface area contributed by atoms with Gasteiger partial charge in [0.1, 0.15) is 4.90 Å². The number of rotatable bonds is 3. The molecule has 0 unspecified atom stereocenters. The second-order valence-electron chi connectivity index (χ2n) is 5.65. The third kappa shape index (κ3) is 2.09. The van der Waals surface area contributed by atoms with E-state index in [-0.39, 0.29) is 23.9 Å². The van der Waals surface area contributed by atoms with Crippen molar-refractivity contribution in [3.05, 3.63) is 11.4 Å². The smallest absolute Gasteiger partial charge is 0.246 e. The molecule has 2 rings (SSSR count). The highest BCUT2D eigenvalue weighted by Gasteiger charge is 2.50. The summed E-state index contributed by atoms with van der Waals surface area (Å²) in [6, 6.07) is 0. The van der Waals surface area contributed by atoms with Crippen molar-refractivity contribution in [2.75, 3.05) is 13.1 Å². The molecule has 108 valence electrons. The third-order valence-corrected chi connectivity index (χ3v) is 6.06. The van der Waals surface area contributed by atoms with Crippen LogP contribution in [0.25, 0.3) is 0 Å². The van der Waals surface area contributed by atoms with Crippen molar-refractivity contribution in [2.24, 2.45) is 13.0 Å². The molecule has 2 heterocycles. The van der Waals surface area contributed by atoms with E-state index in [0.29, 0.717) is 11.4 Å². The Morgan fingerprint density at radius 1 is 1.32 bits per heavy atom. The molecule has 7 heteroatoms. The van der Waals surface area contributed by atoms with Crippen LogP contribution >= 0.6 is 0 Å². The summed E-state index contributed by atoms with van der Waals surface area (Å²) in [6.45, 7) is 7.52. The molecule has 0 amide bonds. The van der Waals surface area contributed by atoms with Crippen LogP contribution in [0.2, 0.25) is 0 Å². The third-order valence-electron chi connectivity index (χ3n) is 4.02. The molecule has 0 bridgehead atoms. The van der Waals surface area contributed by atoms with Crippen LogP contribution in [0.5, 0.6) is 0 Å². The quantitative estimate of drug-likeness (QED) is 0.874. The van der Waals surface area contributed by atoms with Crippen molar-refractivity contribution >= 4 is 10.0 Å². The summed E-state index contributed by atoms with van der Waals surface area (Å²) >= 11 is 0. The predicted molar refractivity (Wildman–Crippen MR) is 71.2 cm³/mol. The van der Waals surface area contributed by atoms with E-state index < -0.39 is 15.6 Å². The standard InChI is InChI=1S/C12H21N3O3S/c1-8(2)12(16)6-15(7-12)19(17,18)11-9(3)13-14(5)10(11)4/h8,16H,6-7H2,1-5H3. The first-order valence-electron chi connectivity index (χ1n) is 6.32. The zero-order valence-corrected chi connectivity index (χ0v) is 12.8. The zero-order chi connectivity index (χ0) is 14.6. The highest BCUT2D eigenvalue weighted by molar-refractivity contribution is 7.89. The van der Waals surface area contributed by atoms with Gasteiger partial charge in [0.05, 0.1) is 17.0 Å². The number of hydrogen-bond donors (Lipinski definition) is 1. The maximum Gasteiger partial charge on any atom is 0.246 e. The highest BCUT2D eigenvalue weighted by Crippen LogP contribution is 2.34. The van der Waals surface area contributed by atoms with Crippen molar-refractivity contribution in [1.82, 2.24) is 14.1 Å². The monoisotopic (exact) mass is 287 g/mol. The highest BCUT2D eigenvalue weighted by atomic mass is 32.2. The van der Waals surface area contributed by atoms with Crippen LogP contribution in [0.3, 0.4) is 0 Å². The average Bonchev–Trinajstić information content (AvgIpc) is 2.48. The Morgan fingerprint density at radius 2 is 1.84 bits per heavy atom. The first kappa shape index (κ1) is 14.5. The molecule has 19 heavy (non-hydrogen) atoms. The molecule has 6 nitrogen and oxygen atoms in total. The summed E-state index contributed by atoms with van der Waals surface area (Å²) in [4.78, 5) is 0.265. The second kappa shape index (κ2) is 4.29. The van der Waals surface area contributed by atoms with E-state index in [9.17, 15) is 13.5 Å². The van der Waals surface area contributed by atoms with Gasteiger partial charge in [-0.25, -0.2) is 8.42 Å². The molecule has 1 aliphatic heterocycles. The van der Waals surface area contributed by atoms with Gasteiger partial charge in [-0.2, -0.15) is 9.40 Å². The van der Waals surface area contributed by atoms with Gasteiger partial charge in [-0.3, -0.25) is 4.68 Å². The lowest BCUT2D eigenvalue weighted by atomic mass is 9.85. The van der Waals surface area contributed by atoms with Gasteiger partial charge in [-0.1, -0.05) is 13.8 Å². The lowest BCUT2D eigenvalue weighted by Gasteiger charge is -2.47. The molecule has 1 fully saturated rings. The van der Waals surface area contributed by atoms with E-state index in [1.807, 2.05) is 13.8 Å². The average molecular weight is 287 g/mol. The number of hydrogen-bond acceptors (Lipinski definition) is 4. The topological polar surface area (TPSA) is 75.4 Å². The summed E-state index contributed by atoms with van der Waals surface area (Å²) in [5.74, 6) is 0.0371. The second-order valence-corrected chi connectivity index (χ2v) is 7.53. The molecule has 0 radical (unpaired) electrons. The molecule has 1 aromatic heterocycles. The Bertz CT molecular complexity index is 598. The molecule has 0 spiro atoms. The molecule has 1 N–H and O–H groups in total. The summed E-state index contributed by atoms with van der Waals surface area (Å²) in [5, 5.41) is 14.3. The van der Waals surface area contributed by atoms with E-state index >= 15 is 0 Å². The van der Waals surface area contributed by atoms with Crippen LogP contribution in [-0.4, -0.2) is 46.3 Å². The molecule has 1 aliphatic rings. The van der Waals surface area contributed by atoms with E-state index in [0.717, 1.165) is 0 Å². The lowest BCUT2D eigenvalue weighted by Crippen LogP contribution is -2.65. The normalized spacial score (nSPS) is 19.7. The van der Waals surface area contributed by atoms with Crippen molar-refractivity contribution < 1.29 is 13.5 Å². The molecule has 0 aliphatic carbocycles. The zero-order valence-electron chi connectivity index (χ0n) is 12.0. The van der Waals surface area contributed by atoms with Crippen molar-refractivity contribution in [3.63, 3.8) is 0 Å². The molecule has 1 saturated heterocycles. The Labute approximate surface area is 114 Å². The first-order valence-corrected chi connectivity index (χ1v) is 7.76. The Hall–Kier alpha value is -0.920. The van der Waals surface area contributed by atoms with Gasteiger partial charge in [-0.05, 0) is 19.8 Å². The number of aryl methyl sites for hydroxylation is 2. The number of nitrogens with zero attached hydrogens (tertiary/aromatic N) is 3. The summed E-state index contributed by atoms with van der Waals surface area (Å²) in [6.07, 6.45) is 0. The van der Waals surface area contributed by atoms with Gasteiger partial charge in [0, 0.05) is 20.1 Å². The summed E-state index contributed by atoms with van der Waals surface area (Å²) in [5.41, 5.74) is 0.217. The van der Waals surface area contributed by atoms with E-state index in [1.165, 1.54) is 4.31 Å². The predicted octanol–water partition coefficient (Wildman–Crippen LogP) is 0.428. The van der Waals surface area contributed by atoms with Crippen LogP contribution in [0.15, 0.2) is 4.90 Å². The van der Waals surface area contributed by atoms with Crippen LogP contribution in [-0.2, 0) is 17.1 Å². The van der Waals surface area contributed by atoms with Crippen LogP contribution in [0, 0.1) is 19.8 Å². The van der Waals surface area contributed by atoms with Crippen molar-refractivity contribution in [3.8, 4) is 0 Å². The Morgan fingerprint density at radius 3 is 2.21 bits per heavy atom. The fourth-order valence-electron chi connectivity index (χ4n) is 2.36. The molecule has 0 atom stereocenters. The summed E-state index contributed by atoms with van der Waals surface area (Å²) < 4.78 is 28.0. The van der Waals surface area contributed by atoms with Crippen LogP contribution in [0.4, 0.5) is 0 Å². The number of aromatic nitrogens is 2. The lowest BCUT2D eigenvalue weighted by molar-refractivity contribution is -0.0932. The van der Waals surface area contributed by atoms with Gasteiger partial charge in [0.25, 0.3) is 0 Å². The van der Waals surface area contributed by atoms with Crippen LogP contribution in [0.1, 0.15) is 25.2 Å². The van der Waals surface area contributed by atoms with Crippen molar-refractivity contribution in [2.45, 2.75) is 38.2 Å². The Kier molecular flexibility index (Phi) is 3.27. The summed E-state index contributed by atoms with van der Waals surface area (Å²) in [7, 11) is -1.83. The largest absolute Gasteiger partial charge is 0.387 e. The van der Waals surface area contributed by atoms with Gasteiger partial charge in [-0.15, -0.1) is 0 Å². The minimum atomic E-state index is -3.56. The molecular weight excluding hydrogens is 266 g/mol. The van der Waals surface area contributed by atoms with Gasteiger partial charge in [0.2, 0.25) is 10.0 Å². The fraction of sp³-hybridized carbons (Fsp3) is 0.750. The number of aliphatic hydroxyl groups is 1. The number of sulfonamides is 1. The minimum absolute atomic E-state index is 0.0371. The van der Waals surface area contributed by atoms with Crippen LogP contribution < -0.4 is 0 Å². The molecular formula is C12H21N3O3S. The molecule has 0 saturated carbocycles. The van der Waals surface area contributed by atoms with E-state index in [2.05, 4.69) is 5.10 Å². The van der Waals surface area contributed by atoms with E-state index in [4.69, 9.17) is 0 Å². The SMILES string of the molecule is Cc1nn(C)c(C)c1S(=O)(=O)N1CC(O)(C(C)C)C1. The van der Waals surface area contributed by atoms with Crippen molar-refractivity contribution in [1.29, 1.82) is 0 Å². The van der Waals surface area contributed by atoms with Gasteiger partial charge >= 0.3 is 0 Å². The minimum Gasteiger partial charge on any atom is -0.387 e. The maximum absolute atomic E-state index is 12.5. The number of β-amino-alcohol motifs (C(OH)–C–C–N with tert-alkyl or cyclic N) is 1.